The Balaban J connectivity index is 2.08. The molecule has 1 aromatic heterocycles. The second kappa shape index (κ2) is 8.47. The number of carbonyl (C=O) groups is 2. The molecule has 1 saturated heterocycles. The molecule has 130 valence electrons. The van der Waals surface area contributed by atoms with E-state index in [0.717, 1.165) is 24.2 Å². The molecular formula is C18H26N4O2. The number of aryl methyl sites for hydroxylation is 1. The summed E-state index contributed by atoms with van der Waals surface area (Å²) < 4.78 is 0. The molecular weight excluding hydrogens is 304 g/mol. The van der Waals surface area contributed by atoms with Crippen molar-refractivity contribution in [3.63, 3.8) is 0 Å². The number of urea groups is 1. The number of likely N-dealkylation sites (tertiary alicyclic amines) is 1. The fraction of sp³-hybridized carbons (Fsp3) is 0.500. The smallest absolute Gasteiger partial charge is 0.317 e. The lowest BCUT2D eigenvalue weighted by atomic mass is 9.90. The van der Waals surface area contributed by atoms with E-state index in [4.69, 9.17) is 0 Å². The Kier molecular flexibility index (Phi) is 6.35. The van der Waals surface area contributed by atoms with Gasteiger partial charge in [-0.3, -0.25) is 9.78 Å². The molecule has 0 aliphatic carbocycles. The number of aromatic nitrogens is 1. The number of nitrogens with zero attached hydrogens (tertiary/aromatic N) is 2. The first kappa shape index (κ1) is 18.0. The van der Waals surface area contributed by atoms with Crippen molar-refractivity contribution in [1.29, 1.82) is 0 Å². The van der Waals surface area contributed by atoms with Crippen molar-refractivity contribution in [2.75, 3.05) is 26.2 Å². The van der Waals surface area contributed by atoms with Gasteiger partial charge in [0.05, 0.1) is 11.3 Å². The highest BCUT2D eigenvalue weighted by atomic mass is 16.2. The van der Waals surface area contributed by atoms with Gasteiger partial charge in [-0.25, -0.2) is 4.79 Å². The molecule has 0 aromatic carbocycles. The maximum Gasteiger partial charge on any atom is 0.317 e. The van der Waals surface area contributed by atoms with Gasteiger partial charge in [-0.05, 0) is 38.8 Å². The molecule has 0 atom stereocenters. The molecule has 3 amide bonds. The Bertz CT molecular complexity index is 607. The van der Waals surface area contributed by atoms with Crippen molar-refractivity contribution in [2.45, 2.75) is 32.6 Å². The summed E-state index contributed by atoms with van der Waals surface area (Å²) in [7, 11) is 0. The quantitative estimate of drug-likeness (QED) is 0.813. The molecule has 2 N–H and O–H groups in total. The van der Waals surface area contributed by atoms with Crippen molar-refractivity contribution < 1.29 is 9.59 Å². The average molecular weight is 330 g/mol. The van der Waals surface area contributed by atoms with Gasteiger partial charge in [-0.1, -0.05) is 6.08 Å². The van der Waals surface area contributed by atoms with Crippen LogP contribution in [0.15, 0.2) is 24.8 Å². The van der Waals surface area contributed by atoms with E-state index < -0.39 is 0 Å². The number of amides is 3. The Morgan fingerprint density at radius 1 is 1.33 bits per heavy atom. The minimum atomic E-state index is -0.0776. The predicted octanol–water partition coefficient (Wildman–Crippen LogP) is 2.21. The zero-order chi connectivity index (χ0) is 17.5. The molecule has 0 unspecified atom stereocenters. The number of carbonyl (C=O) groups excluding carboxylic acids is 2. The van der Waals surface area contributed by atoms with E-state index in [1.54, 1.807) is 6.08 Å². The van der Waals surface area contributed by atoms with E-state index >= 15 is 0 Å². The topological polar surface area (TPSA) is 74.3 Å². The molecule has 2 rings (SSSR count). The van der Waals surface area contributed by atoms with Crippen LogP contribution in [-0.2, 0) is 0 Å². The Morgan fingerprint density at radius 3 is 2.67 bits per heavy atom. The molecule has 24 heavy (non-hydrogen) atoms. The second-order valence-electron chi connectivity index (χ2n) is 5.98. The third-order valence-electron chi connectivity index (χ3n) is 4.21. The lowest BCUT2D eigenvalue weighted by Crippen LogP contribution is -2.44. The molecule has 0 spiro atoms. The number of hydrogen-bond acceptors (Lipinski definition) is 3. The highest BCUT2D eigenvalue weighted by molar-refractivity contribution is 5.95. The molecule has 1 aliphatic heterocycles. The molecule has 1 aliphatic rings. The maximum absolute atomic E-state index is 12.3. The maximum atomic E-state index is 12.3. The number of pyridine rings is 1. The van der Waals surface area contributed by atoms with Gasteiger partial charge in [0.2, 0.25) is 0 Å². The number of hydrogen-bond donors (Lipinski definition) is 2. The third kappa shape index (κ3) is 4.34. The van der Waals surface area contributed by atoms with Crippen molar-refractivity contribution in [2.24, 2.45) is 0 Å². The van der Waals surface area contributed by atoms with Crippen LogP contribution in [0.3, 0.4) is 0 Å². The Hall–Kier alpha value is -2.37. The van der Waals surface area contributed by atoms with Crippen molar-refractivity contribution >= 4 is 11.9 Å². The summed E-state index contributed by atoms with van der Waals surface area (Å²) in [5.41, 5.74) is 2.41. The van der Waals surface area contributed by atoms with E-state index in [9.17, 15) is 9.59 Å². The zero-order valence-corrected chi connectivity index (χ0v) is 14.5. The molecule has 6 heteroatoms. The molecule has 6 nitrogen and oxygen atoms in total. The van der Waals surface area contributed by atoms with E-state index in [-0.39, 0.29) is 17.9 Å². The van der Waals surface area contributed by atoms with Crippen molar-refractivity contribution in [3.05, 3.63) is 41.7 Å². The Labute approximate surface area is 143 Å². The lowest BCUT2D eigenvalue weighted by Gasteiger charge is -2.32. The second-order valence-corrected chi connectivity index (χ2v) is 5.98. The summed E-state index contributed by atoms with van der Waals surface area (Å²) in [5, 5.41) is 5.65. The fourth-order valence-electron chi connectivity index (χ4n) is 2.96. The number of nitrogens with one attached hydrogen (secondary N) is 2. The van der Waals surface area contributed by atoms with Gasteiger partial charge in [0, 0.05) is 37.8 Å². The zero-order valence-electron chi connectivity index (χ0n) is 14.5. The molecule has 1 aromatic rings. The summed E-state index contributed by atoms with van der Waals surface area (Å²) in [6, 6.07) is 3.66. The van der Waals surface area contributed by atoms with Crippen LogP contribution in [0.5, 0.6) is 0 Å². The van der Waals surface area contributed by atoms with Gasteiger partial charge in [-0.15, -0.1) is 6.58 Å². The van der Waals surface area contributed by atoms with Gasteiger partial charge < -0.3 is 15.5 Å². The SMILES string of the molecule is C=CCNC(=O)N1CCC(c2nc(C)ccc2C(=O)NCC)CC1. The first-order valence-electron chi connectivity index (χ1n) is 8.46. The molecule has 0 saturated carbocycles. The Morgan fingerprint density at radius 2 is 2.04 bits per heavy atom. The molecule has 2 heterocycles. The minimum Gasteiger partial charge on any atom is -0.352 e. The van der Waals surface area contributed by atoms with E-state index in [0.29, 0.717) is 31.7 Å². The standard InChI is InChI=1S/C18H26N4O2/c1-4-10-20-18(24)22-11-8-14(9-12-22)16-15(17(23)19-5-2)7-6-13(3)21-16/h4,6-7,14H,1,5,8-12H2,2-3H3,(H,19,23)(H,20,24). The van der Waals surface area contributed by atoms with Gasteiger partial charge in [0.25, 0.3) is 5.91 Å². The number of rotatable bonds is 5. The summed E-state index contributed by atoms with van der Waals surface area (Å²) in [6.45, 7) is 9.83. The normalized spacial score (nSPS) is 15.0. The van der Waals surface area contributed by atoms with Crippen LogP contribution >= 0.6 is 0 Å². The summed E-state index contributed by atoms with van der Waals surface area (Å²) in [6.07, 6.45) is 3.29. The van der Waals surface area contributed by atoms with Crippen LogP contribution in [0, 0.1) is 6.92 Å². The van der Waals surface area contributed by atoms with Crippen LogP contribution in [0.1, 0.15) is 47.4 Å². The minimum absolute atomic E-state index is 0.0606. The van der Waals surface area contributed by atoms with Crippen LogP contribution < -0.4 is 10.6 Å². The van der Waals surface area contributed by atoms with E-state index in [1.165, 1.54) is 0 Å². The predicted molar refractivity (Wildman–Crippen MR) is 94.1 cm³/mol. The first-order chi connectivity index (χ1) is 11.6. The van der Waals surface area contributed by atoms with Crippen LogP contribution in [0.2, 0.25) is 0 Å². The molecule has 0 radical (unpaired) electrons. The van der Waals surface area contributed by atoms with Crippen LogP contribution in [0.25, 0.3) is 0 Å². The van der Waals surface area contributed by atoms with Crippen LogP contribution in [0.4, 0.5) is 4.79 Å². The van der Waals surface area contributed by atoms with Crippen molar-refractivity contribution in [3.8, 4) is 0 Å². The first-order valence-corrected chi connectivity index (χ1v) is 8.46. The summed E-state index contributed by atoms with van der Waals surface area (Å²) in [4.78, 5) is 30.7. The average Bonchev–Trinajstić information content (AvgIpc) is 2.60. The van der Waals surface area contributed by atoms with Crippen LogP contribution in [-0.4, -0.2) is 48.0 Å². The summed E-state index contributed by atoms with van der Waals surface area (Å²) >= 11 is 0. The molecule has 0 bridgehead atoms. The van der Waals surface area contributed by atoms with E-state index in [1.807, 2.05) is 30.9 Å². The van der Waals surface area contributed by atoms with Crippen molar-refractivity contribution in [1.82, 2.24) is 20.5 Å². The lowest BCUT2D eigenvalue weighted by molar-refractivity contribution is 0.0952. The van der Waals surface area contributed by atoms with Gasteiger partial charge >= 0.3 is 6.03 Å². The van der Waals surface area contributed by atoms with E-state index in [2.05, 4.69) is 22.2 Å². The monoisotopic (exact) mass is 330 g/mol. The highest BCUT2D eigenvalue weighted by Crippen LogP contribution is 2.29. The van der Waals surface area contributed by atoms with Gasteiger partial charge in [-0.2, -0.15) is 0 Å². The largest absolute Gasteiger partial charge is 0.352 e. The molecule has 1 fully saturated rings. The van der Waals surface area contributed by atoms with Gasteiger partial charge in [0.15, 0.2) is 0 Å². The summed E-state index contributed by atoms with van der Waals surface area (Å²) in [5.74, 6) is 0.122. The third-order valence-corrected chi connectivity index (χ3v) is 4.21. The number of piperidine rings is 1. The fourth-order valence-corrected chi connectivity index (χ4v) is 2.96. The van der Waals surface area contributed by atoms with Gasteiger partial charge in [0.1, 0.15) is 0 Å². The highest BCUT2D eigenvalue weighted by Gasteiger charge is 2.27.